The van der Waals surface area contributed by atoms with E-state index in [9.17, 15) is 28.0 Å². The van der Waals surface area contributed by atoms with E-state index in [0.717, 1.165) is 43.5 Å². The quantitative estimate of drug-likeness (QED) is 0.108. The molecule has 1 saturated carbocycles. The zero-order chi connectivity index (χ0) is 40.8. The molecule has 1 aliphatic carbocycles. The first-order chi connectivity index (χ1) is 28.5. The van der Waals surface area contributed by atoms with E-state index in [4.69, 9.17) is 14.2 Å². The molecule has 1 unspecified atom stereocenters. The lowest BCUT2D eigenvalue weighted by Crippen LogP contribution is -2.54. The van der Waals surface area contributed by atoms with Crippen molar-refractivity contribution in [1.82, 2.24) is 24.8 Å². The average Bonchev–Trinajstić information content (AvgIpc) is 3.65. The summed E-state index contributed by atoms with van der Waals surface area (Å²) in [7, 11) is 2.05. The van der Waals surface area contributed by atoms with Gasteiger partial charge >= 0.3 is 0 Å². The molecule has 15 heteroatoms. The number of amides is 4. The first-order valence-corrected chi connectivity index (χ1v) is 20.2. The van der Waals surface area contributed by atoms with Gasteiger partial charge < -0.3 is 23.7 Å². The van der Waals surface area contributed by atoms with E-state index in [2.05, 4.69) is 45.1 Å². The Labute approximate surface area is 338 Å². The lowest BCUT2D eigenvalue weighted by atomic mass is 9.92. The van der Waals surface area contributed by atoms with E-state index in [1.165, 1.54) is 0 Å². The van der Waals surface area contributed by atoms with Crippen molar-refractivity contribution in [3.8, 4) is 17.0 Å². The van der Waals surface area contributed by atoms with Gasteiger partial charge in [-0.05, 0) is 67.6 Å². The van der Waals surface area contributed by atoms with Crippen molar-refractivity contribution in [3.05, 3.63) is 84.3 Å². The number of alkyl halides is 2. The Morgan fingerprint density at radius 2 is 1.61 bits per heavy atom. The van der Waals surface area contributed by atoms with Gasteiger partial charge in [0.25, 0.3) is 17.7 Å². The third-order valence-corrected chi connectivity index (χ3v) is 12.0. The maximum atomic E-state index is 14.8. The SMILES string of the molecule is Cn1c2ccncc2c2ccc(-c3ccc(O[C@H]4C[C@H](OCCCC(F)(F)COC5CCN(c6ccc7c(c6)C(=O)N(C6CCC(=O)NC6=O)C7=O)CC5)C4)nc3)cc21. The molecular formula is C44H44F2N6O7. The molecule has 0 bridgehead atoms. The number of piperidine rings is 2. The molecule has 0 radical (unpaired) electrons. The highest BCUT2D eigenvalue weighted by Crippen LogP contribution is 2.35. The fraction of sp³-hybridized carbons (Fsp3) is 0.409. The van der Waals surface area contributed by atoms with Crippen molar-refractivity contribution in [2.24, 2.45) is 7.05 Å². The van der Waals surface area contributed by atoms with Crippen LogP contribution >= 0.6 is 0 Å². The van der Waals surface area contributed by atoms with Crippen molar-refractivity contribution >= 4 is 51.1 Å². The molecule has 6 heterocycles. The second-order valence-electron chi connectivity index (χ2n) is 15.9. The largest absolute Gasteiger partial charge is 0.474 e. The number of carbonyl (C=O) groups excluding carboxylic acids is 4. The van der Waals surface area contributed by atoms with Crippen LogP contribution in [0.2, 0.25) is 0 Å². The topological polar surface area (TPSA) is 145 Å². The molecule has 1 N–H and O–H groups in total. The van der Waals surface area contributed by atoms with Gasteiger partial charge in [-0.2, -0.15) is 0 Å². The molecule has 2 aromatic carbocycles. The smallest absolute Gasteiger partial charge is 0.271 e. The standard InChI is InChI=1S/C44H44F2N6O7/c1-50-36-11-15-47-24-35(36)32-6-3-26(19-38(32)50)27-4-10-40(48-23-27)59-31-21-30(22-31)57-18-2-14-44(45,46)25-58-29-12-16-51(17-13-29)28-5-7-33-34(20-28)43(56)52(42(33)55)37-8-9-39(53)49-41(37)54/h3-7,10-11,15,19-20,23-24,29-31,37H,2,8-9,12-14,16-18,21-22,25H2,1H3,(H,49,53,54)/t30-,31-,37?. The summed E-state index contributed by atoms with van der Waals surface area (Å²) in [6, 6.07) is 16.2. The van der Waals surface area contributed by atoms with E-state index in [-0.39, 0.29) is 61.7 Å². The van der Waals surface area contributed by atoms with Crippen LogP contribution < -0.4 is 15.0 Å². The van der Waals surface area contributed by atoms with Gasteiger partial charge in [0.1, 0.15) is 18.8 Å². The van der Waals surface area contributed by atoms with Crippen LogP contribution in [0.15, 0.2) is 73.2 Å². The molecule has 306 valence electrons. The summed E-state index contributed by atoms with van der Waals surface area (Å²) in [6.07, 6.45) is 7.51. The van der Waals surface area contributed by atoms with Crippen LogP contribution in [0, 0.1) is 0 Å². The Bertz CT molecular complexity index is 2440. The highest BCUT2D eigenvalue weighted by molar-refractivity contribution is 6.23. The number of nitrogens with one attached hydrogen (secondary N) is 1. The van der Waals surface area contributed by atoms with Crippen molar-refractivity contribution in [1.29, 1.82) is 0 Å². The molecule has 59 heavy (non-hydrogen) atoms. The highest BCUT2D eigenvalue weighted by Gasteiger charge is 2.45. The number of benzene rings is 2. The highest BCUT2D eigenvalue weighted by atomic mass is 19.3. The van der Waals surface area contributed by atoms with Crippen LogP contribution in [0.5, 0.6) is 5.88 Å². The van der Waals surface area contributed by atoms with Crippen LogP contribution in [0.4, 0.5) is 14.5 Å². The van der Waals surface area contributed by atoms with Crippen molar-refractivity contribution in [2.45, 2.75) is 81.6 Å². The molecule has 2 saturated heterocycles. The number of imide groups is 2. The first-order valence-electron chi connectivity index (χ1n) is 20.2. The molecule has 5 aromatic rings. The van der Waals surface area contributed by atoms with Crippen molar-refractivity contribution in [2.75, 3.05) is 31.2 Å². The van der Waals surface area contributed by atoms with Crippen LogP contribution in [-0.4, -0.2) is 99.6 Å². The molecule has 9 rings (SSSR count). The molecule has 4 aliphatic rings. The summed E-state index contributed by atoms with van der Waals surface area (Å²) >= 11 is 0. The second-order valence-corrected chi connectivity index (χ2v) is 15.9. The Morgan fingerprint density at radius 3 is 2.39 bits per heavy atom. The maximum absolute atomic E-state index is 14.8. The van der Waals surface area contributed by atoms with E-state index in [0.29, 0.717) is 44.7 Å². The van der Waals surface area contributed by atoms with Crippen LogP contribution in [-0.2, 0) is 26.1 Å². The number of aromatic nitrogens is 3. The monoisotopic (exact) mass is 806 g/mol. The van der Waals surface area contributed by atoms with Gasteiger partial charge in [0.2, 0.25) is 17.7 Å². The molecule has 0 spiro atoms. The number of fused-ring (bicyclic) bond motifs is 4. The number of anilines is 1. The average molecular weight is 807 g/mol. The summed E-state index contributed by atoms with van der Waals surface area (Å²) in [5, 5.41) is 4.47. The minimum absolute atomic E-state index is 0.0365. The van der Waals surface area contributed by atoms with Crippen molar-refractivity contribution < 1.29 is 42.2 Å². The lowest BCUT2D eigenvalue weighted by molar-refractivity contribution is -0.136. The molecule has 3 fully saturated rings. The Balaban J connectivity index is 0.669. The molecule has 4 amide bonds. The van der Waals surface area contributed by atoms with Gasteiger partial charge in [-0.3, -0.25) is 34.4 Å². The second kappa shape index (κ2) is 15.8. The zero-order valence-electron chi connectivity index (χ0n) is 32.6. The third kappa shape index (κ3) is 7.76. The van der Waals surface area contributed by atoms with Crippen LogP contribution in [0.3, 0.4) is 0 Å². The summed E-state index contributed by atoms with van der Waals surface area (Å²) < 4.78 is 49.3. The Hall–Kier alpha value is -5.80. The van der Waals surface area contributed by atoms with Gasteiger partial charge in [0, 0.05) is 105 Å². The van der Waals surface area contributed by atoms with Gasteiger partial charge in [0.15, 0.2) is 0 Å². The number of ether oxygens (including phenoxy) is 3. The summed E-state index contributed by atoms with van der Waals surface area (Å²) in [5.41, 5.74) is 5.43. The maximum Gasteiger partial charge on any atom is 0.271 e. The van der Waals surface area contributed by atoms with E-state index < -0.39 is 42.2 Å². The van der Waals surface area contributed by atoms with Gasteiger partial charge in [-0.1, -0.05) is 12.1 Å². The fourth-order valence-electron chi connectivity index (χ4n) is 8.60. The number of pyridine rings is 2. The lowest BCUT2D eigenvalue weighted by Gasteiger charge is -2.35. The minimum Gasteiger partial charge on any atom is -0.474 e. The zero-order valence-corrected chi connectivity index (χ0v) is 32.6. The number of nitrogens with zero attached hydrogens (tertiary/aromatic N) is 5. The molecule has 13 nitrogen and oxygen atoms in total. The van der Waals surface area contributed by atoms with Crippen LogP contribution in [0.1, 0.15) is 72.1 Å². The summed E-state index contributed by atoms with van der Waals surface area (Å²) in [4.78, 5) is 62.0. The minimum atomic E-state index is -2.98. The predicted molar refractivity (Wildman–Crippen MR) is 213 cm³/mol. The molecule has 3 aliphatic heterocycles. The number of aryl methyl sites for hydroxylation is 1. The van der Waals surface area contributed by atoms with Gasteiger partial charge in [-0.25, -0.2) is 13.8 Å². The number of rotatable bonds is 13. The molecule has 3 aromatic heterocycles. The van der Waals surface area contributed by atoms with Gasteiger partial charge in [-0.15, -0.1) is 0 Å². The van der Waals surface area contributed by atoms with E-state index in [1.807, 2.05) is 35.5 Å². The number of halogens is 2. The normalized spacial score (nSPS) is 21.3. The summed E-state index contributed by atoms with van der Waals surface area (Å²) in [6.45, 7) is 0.619. The van der Waals surface area contributed by atoms with Crippen molar-refractivity contribution in [3.63, 3.8) is 0 Å². The fourth-order valence-corrected chi connectivity index (χ4v) is 8.60. The number of carbonyl (C=O) groups is 4. The number of hydrogen-bond acceptors (Lipinski definition) is 10. The van der Waals surface area contributed by atoms with E-state index >= 15 is 0 Å². The Morgan fingerprint density at radius 1 is 0.814 bits per heavy atom. The third-order valence-electron chi connectivity index (χ3n) is 12.0. The molecular weight excluding hydrogens is 763 g/mol. The van der Waals surface area contributed by atoms with Crippen LogP contribution in [0.25, 0.3) is 32.9 Å². The van der Waals surface area contributed by atoms with Gasteiger partial charge in [0.05, 0.1) is 28.9 Å². The Kier molecular flexibility index (Phi) is 10.3. The summed E-state index contributed by atoms with van der Waals surface area (Å²) in [5.74, 6) is -4.67. The number of hydrogen-bond donors (Lipinski definition) is 1. The first kappa shape index (κ1) is 38.7. The molecule has 1 atom stereocenters. The van der Waals surface area contributed by atoms with E-state index in [1.54, 1.807) is 24.4 Å². The predicted octanol–water partition coefficient (Wildman–Crippen LogP) is 6.22.